The van der Waals surface area contributed by atoms with Crippen LogP contribution in [-0.4, -0.2) is 28.6 Å². The van der Waals surface area contributed by atoms with Crippen LogP contribution in [-0.2, 0) is 9.63 Å². The monoisotopic (exact) mass is 429 g/mol. The van der Waals surface area contributed by atoms with E-state index in [9.17, 15) is 18.4 Å². The second kappa shape index (κ2) is 8.19. The molecule has 1 aromatic heterocycles. The number of benzene rings is 1. The molecule has 0 spiro atoms. The van der Waals surface area contributed by atoms with E-state index in [2.05, 4.69) is 31.1 Å². The molecule has 0 saturated heterocycles. The van der Waals surface area contributed by atoms with E-state index in [-0.39, 0.29) is 16.9 Å². The molecular weight excluding hydrogens is 416 g/mol. The number of carbonyl (C=O) groups excluding carboxylic acids is 1. The predicted octanol–water partition coefficient (Wildman–Crippen LogP) is 3.23. The minimum atomic E-state index is -1.31. The molecule has 0 bridgehead atoms. The number of carbonyl (C=O) groups is 2. The van der Waals surface area contributed by atoms with Gasteiger partial charge in [0.15, 0.2) is 18.2 Å². The Morgan fingerprint density at radius 2 is 1.96 bits per heavy atom. The summed E-state index contributed by atoms with van der Waals surface area (Å²) in [7, 11) is 0. The highest BCUT2D eigenvalue weighted by Crippen LogP contribution is 2.31. The number of carboxylic acids is 1. The zero-order valence-corrected chi connectivity index (χ0v) is 15.3. The van der Waals surface area contributed by atoms with Gasteiger partial charge < -0.3 is 10.4 Å². The number of amides is 1. The van der Waals surface area contributed by atoms with Crippen LogP contribution in [0.25, 0.3) is 0 Å². The van der Waals surface area contributed by atoms with Gasteiger partial charge >= 0.3 is 5.97 Å². The summed E-state index contributed by atoms with van der Waals surface area (Å²) in [4.78, 5) is 31.2. The third kappa shape index (κ3) is 4.52. The smallest absolute Gasteiger partial charge is 0.332 e. The Morgan fingerprint density at radius 1 is 1.27 bits per heavy atom. The summed E-state index contributed by atoms with van der Waals surface area (Å²) >= 11 is 3.25. The molecule has 138 valence electrons. The molecule has 1 heterocycles. The molecule has 0 fully saturated rings. The van der Waals surface area contributed by atoms with Crippen molar-refractivity contribution >= 4 is 39.3 Å². The van der Waals surface area contributed by atoms with Gasteiger partial charge in [0.2, 0.25) is 0 Å². The number of halogens is 3. The largest absolute Gasteiger partial charge is 0.479 e. The van der Waals surface area contributed by atoms with Crippen molar-refractivity contribution in [2.45, 2.75) is 13.8 Å². The average molecular weight is 430 g/mol. The molecule has 0 atom stereocenters. The van der Waals surface area contributed by atoms with Crippen LogP contribution >= 0.6 is 15.9 Å². The van der Waals surface area contributed by atoms with Crippen LogP contribution in [0.15, 0.2) is 22.8 Å². The van der Waals surface area contributed by atoms with E-state index in [0.29, 0.717) is 4.47 Å². The molecule has 0 aliphatic heterocycles. The lowest BCUT2D eigenvalue weighted by Crippen LogP contribution is -2.27. The Hall–Kier alpha value is -2.59. The highest BCUT2D eigenvalue weighted by Gasteiger charge is 2.22. The lowest BCUT2D eigenvalue weighted by atomic mass is 10.1. The molecule has 0 saturated carbocycles. The first kappa shape index (κ1) is 19.7. The van der Waals surface area contributed by atoms with Crippen molar-refractivity contribution in [3.8, 4) is 0 Å². The van der Waals surface area contributed by atoms with E-state index in [1.807, 2.05) is 5.48 Å². The Kier molecular flexibility index (Phi) is 6.22. The molecule has 3 N–H and O–H groups in total. The SMILES string of the molecule is Cc1cnc(Nc2c(C(=O)NOCC(=O)O)cc(C)c(F)c2F)c(Br)c1. The number of hydroxylamine groups is 1. The summed E-state index contributed by atoms with van der Waals surface area (Å²) in [6.07, 6.45) is 1.51. The molecule has 10 heteroatoms. The number of nitrogens with one attached hydrogen (secondary N) is 2. The third-order valence-electron chi connectivity index (χ3n) is 3.22. The molecule has 2 rings (SSSR count). The fraction of sp³-hybridized carbons (Fsp3) is 0.188. The molecule has 1 aromatic carbocycles. The van der Waals surface area contributed by atoms with E-state index < -0.39 is 35.8 Å². The van der Waals surface area contributed by atoms with Crippen molar-refractivity contribution in [1.29, 1.82) is 0 Å². The molecule has 2 aromatic rings. The van der Waals surface area contributed by atoms with Gasteiger partial charge in [0.05, 0.1) is 15.7 Å². The lowest BCUT2D eigenvalue weighted by molar-refractivity contribution is -0.144. The van der Waals surface area contributed by atoms with E-state index in [1.54, 1.807) is 13.0 Å². The summed E-state index contributed by atoms with van der Waals surface area (Å²) < 4.78 is 28.9. The van der Waals surface area contributed by atoms with E-state index >= 15 is 0 Å². The number of carboxylic acid groups (broad SMARTS) is 1. The third-order valence-corrected chi connectivity index (χ3v) is 3.82. The van der Waals surface area contributed by atoms with Gasteiger partial charge in [-0.25, -0.2) is 24.0 Å². The van der Waals surface area contributed by atoms with Gasteiger partial charge in [0.25, 0.3) is 5.91 Å². The van der Waals surface area contributed by atoms with Crippen molar-refractivity contribution < 1.29 is 28.3 Å². The Bertz CT molecular complexity index is 877. The van der Waals surface area contributed by atoms with Gasteiger partial charge in [0, 0.05) is 6.20 Å². The maximum absolute atomic E-state index is 14.4. The van der Waals surface area contributed by atoms with Crippen LogP contribution in [0, 0.1) is 25.5 Å². The maximum atomic E-state index is 14.4. The highest BCUT2D eigenvalue weighted by molar-refractivity contribution is 9.10. The maximum Gasteiger partial charge on any atom is 0.332 e. The zero-order valence-electron chi connectivity index (χ0n) is 13.7. The van der Waals surface area contributed by atoms with Crippen LogP contribution in [0.4, 0.5) is 20.3 Å². The Balaban J connectivity index is 2.41. The molecule has 7 nitrogen and oxygen atoms in total. The van der Waals surface area contributed by atoms with E-state index in [4.69, 9.17) is 5.11 Å². The summed E-state index contributed by atoms with van der Waals surface area (Å²) in [5, 5.41) is 11.1. The summed E-state index contributed by atoms with van der Waals surface area (Å²) in [6.45, 7) is 2.30. The minimum absolute atomic E-state index is 0.104. The summed E-state index contributed by atoms with van der Waals surface area (Å²) in [6, 6.07) is 2.82. The topological polar surface area (TPSA) is 101 Å². The molecule has 1 amide bonds. The average Bonchev–Trinajstić information content (AvgIpc) is 2.56. The van der Waals surface area contributed by atoms with Gasteiger partial charge in [-0.05, 0) is 53.0 Å². The lowest BCUT2D eigenvalue weighted by Gasteiger charge is -2.15. The van der Waals surface area contributed by atoms with Crippen molar-refractivity contribution in [3.05, 3.63) is 51.1 Å². The van der Waals surface area contributed by atoms with Crippen molar-refractivity contribution in [1.82, 2.24) is 10.5 Å². The van der Waals surface area contributed by atoms with Crippen LogP contribution in [0.3, 0.4) is 0 Å². The summed E-state index contributed by atoms with van der Waals surface area (Å²) in [5.74, 6) is -4.49. The van der Waals surface area contributed by atoms with Gasteiger partial charge in [-0.1, -0.05) is 0 Å². The van der Waals surface area contributed by atoms with E-state index in [1.165, 1.54) is 13.1 Å². The number of rotatable bonds is 6. The molecule has 0 aliphatic carbocycles. The second-order valence-electron chi connectivity index (χ2n) is 5.33. The Morgan fingerprint density at radius 3 is 2.58 bits per heavy atom. The first-order valence-electron chi connectivity index (χ1n) is 7.22. The zero-order chi connectivity index (χ0) is 19.4. The number of pyridine rings is 1. The van der Waals surface area contributed by atoms with Crippen molar-refractivity contribution in [2.24, 2.45) is 0 Å². The number of aromatic nitrogens is 1. The molecule has 26 heavy (non-hydrogen) atoms. The van der Waals surface area contributed by atoms with E-state index in [0.717, 1.165) is 11.6 Å². The summed E-state index contributed by atoms with van der Waals surface area (Å²) in [5.41, 5.74) is 1.87. The van der Waals surface area contributed by atoms with Gasteiger partial charge in [0.1, 0.15) is 5.82 Å². The van der Waals surface area contributed by atoms with Crippen LogP contribution in [0.5, 0.6) is 0 Å². The predicted molar refractivity (Wildman–Crippen MR) is 92.1 cm³/mol. The molecular formula is C16H14BrF2N3O4. The number of anilines is 2. The van der Waals surface area contributed by atoms with Crippen LogP contribution in [0.2, 0.25) is 0 Å². The molecule has 0 radical (unpaired) electrons. The Labute approximate surface area is 155 Å². The number of hydrogen-bond acceptors (Lipinski definition) is 5. The van der Waals surface area contributed by atoms with Gasteiger partial charge in [-0.2, -0.15) is 0 Å². The standard InChI is InChI=1S/C16H14BrF2N3O4/c1-7-3-10(17)15(20-5-7)21-14-9(4-8(2)12(18)13(14)19)16(25)22-26-6-11(23)24/h3-5H,6H2,1-2H3,(H,20,21)(H,22,25)(H,23,24). The fourth-order valence-electron chi connectivity index (χ4n) is 2.02. The number of aliphatic carboxylic acids is 1. The van der Waals surface area contributed by atoms with Gasteiger partial charge in [-0.3, -0.25) is 9.63 Å². The van der Waals surface area contributed by atoms with Crippen LogP contribution < -0.4 is 10.8 Å². The van der Waals surface area contributed by atoms with Crippen molar-refractivity contribution in [3.63, 3.8) is 0 Å². The number of hydrogen-bond donors (Lipinski definition) is 3. The number of nitrogens with zero attached hydrogens (tertiary/aromatic N) is 1. The van der Waals surface area contributed by atoms with Crippen molar-refractivity contribution in [2.75, 3.05) is 11.9 Å². The number of aryl methyl sites for hydroxylation is 2. The van der Waals surface area contributed by atoms with Crippen LogP contribution in [0.1, 0.15) is 21.5 Å². The highest BCUT2D eigenvalue weighted by atomic mass is 79.9. The first-order valence-corrected chi connectivity index (χ1v) is 8.01. The second-order valence-corrected chi connectivity index (χ2v) is 6.18. The molecule has 0 unspecified atom stereocenters. The first-order chi connectivity index (χ1) is 12.2. The quantitative estimate of drug-likeness (QED) is 0.609. The fourth-order valence-corrected chi connectivity index (χ4v) is 2.58. The van der Waals surface area contributed by atoms with Gasteiger partial charge in [-0.15, -0.1) is 0 Å². The minimum Gasteiger partial charge on any atom is -0.479 e. The normalized spacial score (nSPS) is 10.5. The molecule has 0 aliphatic rings.